The zero-order chi connectivity index (χ0) is 17.1. The van der Waals surface area contributed by atoms with Crippen molar-refractivity contribution < 1.29 is 4.42 Å². The number of rotatable bonds is 4. The Hall–Kier alpha value is -2.74. The number of furan rings is 1. The summed E-state index contributed by atoms with van der Waals surface area (Å²) in [5.74, 6) is 0.984. The molecule has 1 fully saturated rings. The van der Waals surface area contributed by atoms with Gasteiger partial charge >= 0.3 is 0 Å². The van der Waals surface area contributed by atoms with Crippen LogP contribution < -0.4 is 0 Å². The summed E-state index contributed by atoms with van der Waals surface area (Å²) in [7, 11) is 0. The Morgan fingerprint density at radius 2 is 1.62 bits per heavy atom. The molecule has 0 amide bonds. The van der Waals surface area contributed by atoms with E-state index in [4.69, 9.17) is 4.42 Å². The maximum absolute atomic E-state index is 6.15. The summed E-state index contributed by atoms with van der Waals surface area (Å²) in [5, 5.41) is 5.17. The van der Waals surface area contributed by atoms with E-state index in [9.17, 15) is 0 Å². The first-order valence-electron chi connectivity index (χ1n) is 9.71. The largest absolute Gasteiger partial charge is 0.456 e. The van der Waals surface area contributed by atoms with Crippen LogP contribution in [-0.2, 0) is 6.54 Å². The minimum Gasteiger partial charge on any atom is -0.456 e. The molecule has 1 aliphatic rings. The number of aromatic nitrogens is 1. The summed E-state index contributed by atoms with van der Waals surface area (Å²) < 4.78 is 8.69. The van der Waals surface area contributed by atoms with Crippen LogP contribution >= 0.6 is 0 Å². The van der Waals surface area contributed by atoms with Crippen molar-refractivity contribution in [1.29, 1.82) is 0 Å². The van der Waals surface area contributed by atoms with E-state index < -0.39 is 0 Å². The van der Waals surface area contributed by atoms with E-state index in [1.807, 2.05) is 6.07 Å². The molecule has 0 N–H and O–H groups in total. The minimum atomic E-state index is 0.977. The molecule has 5 aromatic rings. The molecule has 0 spiro atoms. The van der Waals surface area contributed by atoms with Gasteiger partial charge < -0.3 is 8.98 Å². The molecule has 1 aliphatic carbocycles. The molecule has 128 valence electrons. The summed E-state index contributed by atoms with van der Waals surface area (Å²) in [5.41, 5.74) is 4.65. The zero-order valence-corrected chi connectivity index (χ0v) is 14.7. The van der Waals surface area contributed by atoms with Crippen molar-refractivity contribution in [3.8, 4) is 0 Å². The van der Waals surface area contributed by atoms with E-state index in [1.165, 1.54) is 58.3 Å². The third-order valence-electron chi connectivity index (χ3n) is 5.96. The normalized spacial score (nSPS) is 14.9. The van der Waals surface area contributed by atoms with Crippen LogP contribution in [-0.4, -0.2) is 4.57 Å². The maximum atomic E-state index is 6.15. The molecule has 3 aromatic carbocycles. The molecule has 0 radical (unpaired) electrons. The Kier molecular flexibility index (Phi) is 2.98. The number of benzene rings is 3. The van der Waals surface area contributed by atoms with Gasteiger partial charge in [-0.3, -0.25) is 0 Å². The second kappa shape index (κ2) is 5.38. The lowest BCUT2D eigenvalue weighted by molar-refractivity contribution is 0.598. The van der Waals surface area contributed by atoms with Gasteiger partial charge in [0.1, 0.15) is 11.2 Å². The molecule has 0 saturated heterocycles. The summed E-state index contributed by atoms with van der Waals surface area (Å²) in [6.45, 7) is 1.08. The molecular formula is C24H21NO. The number of nitrogens with zero attached hydrogens (tertiary/aromatic N) is 1. The lowest BCUT2D eigenvalue weighted by Gasteiger charge is -2.08. The van der Waals surface area contributed by atoms with E-state index in [1.54, 1.807) is 0 Å². The molecule has 1 saturated carbocycles. The van der Waals surface area contributed by atoms with Crippen molar-refractivity contribution in [2.75, 3.05) is 0 Å². The first-order valence-corrected chi connectivity index (χ1v) is 9.71. The van der Waals surface area contributed by atoms with E-state index in [2.05, 4.69) is 59.2 Å². The van der Waals surface area contributed by atoms with Crippen molar-refractivity contribution in [3.05, 3.63) is 60.7 Å². The van der Waals surface area contributed by atoms with Gasteiger partial charge in [-0.05, 0) is 43.0 Å². The minimum absolute atomic E-state index is 0.977. The van der Waals surface area contributed by atoms with E-state index in [0.717, 1.165) is 23.6 Å². The smallest absolute Gasteiger partial charge is 0.137 e. The summed E-state index contributed by atoms with van der Waals surface area (Å²) in [6.07, 6.45) is 5.48. The van der Waals surface area contributed by atoms with Gasteiger partial charge in [-0.25, -0.2) is 0 Å². The Bertz CT molecular complexity index is 1270. The first kappa shape index (κ1) is 14.4. The molecule has 2 nitrogen and oxygen atoms in total. The van der Waals surface area contributed by atoms with Crippen molar-refractivity contribution in [2.24, 2.45) is 5.92 Å². The van der Waals surface area contributed by atoms with Crippen molar-refractivity contribution in [3.63, 3.8) is 0 Å². The molecule has 2 heterocycles. The predicted octanol–water partition coefficient (Wildman–Crippen LogP) is 6.88. The fraction of sp³-hybridized carbons (Fsp3) is 0.250. The van der Waals surface area contributed by atoms with Gasteiger partial charge in [0.15, 0.2) is 0 Å². The van der Waals surface area contributed by atoms with Crippen molar-refractivity contribution in [2.45, 2.75) is 32.2 Å². The maximum Gasteiger partial charge on any atom is 0.137 e. The number of aryl methyl sites for hydroxylation is 1. The predicted molar refractivity (Wildman–Crippen MR) is 109 cm³/mol. The van der Waals surface area contributed by atoms with Gasteiger partial charge in [0.25, 0.3) is 0 Å². The molecule has 2 aromatic heterocycles. The second-order valence-electron chi connectivity index (χ2n) is 7.69. The molecule has 0 atom stereocenters. The van der Waals surface area contributed by atoms with Gasteiger partial charge in [0, 0.05) is 28.2 Å². The Balaban J connectivity index is 1.69. The lowest BCUT2D eigenvalue weighted by atomic mass is 10.1. The third-order valence-corrected chi connectivity index (χ3v) is 5.96. The standard InChI is InChI=1S/C24H21NO/c1-3-9-20-17(7-1)18-13-14-22-23(19-8-2-4-10-21(19)26-22)24(18)25(20)15-5-6-16-11-12-16/h1-4,7-10,13-14,16H,5-6,11-12,15H2. The van der Waals surface area contributed by atoms with Crippen LogP contribution in [0.2, 0.25) is 0 Å². The van der Waals surface area contributed by atoms with Crippen LogP contribution in [0.15, 0.2) is 65.1 Å². The van der Waals surface area contributed by atoms with Crippen LogP contribution in [0.5, 0.6) is 0 Å². The average molecular weight is 339 g/mol. The zero-order valence-electron chi connectivity index (χ0n) is 14.7. The van der Waals surface area contributed by atoms with Crippen molar-refractivity contribution >= 4 is 43.7 Å². The van der Waals surface area contributed by atoms with E-state index >= 15 is 0 Å². The highest BCUT2D eigenvalue weighted by Crippen LogP contribution is 2.40. The van der Waals surface area contributed by atoms with Gasteiger partial charge in [0.05, 0.1) is 10.9 Å². The fourth-order valence-corrected chi connectivity index (χ4v) is 4.53. The molecule has 26 heavy (non-hydrogen) atoms. The van der Waals surface area contributed by atoms with Crippen LogP contribution in [0.3, 0.4) is 0 Å². The number of fused-ring (bicyclic) bond motifs is 7. The quantitative estimate of drug-likeness (QED) is 0.349. The monoisotopic (exact) mass is 339 g/mol. The topological polar surface area (TPSA) is 18.1 Å². The fourth-order valence-electron chi connectivity index (χ4n) is 4.53. The van der Waals surface area contributed by atoms with Gasteiger partial charge in [-0.15, -0.1) is 0 Å². The lowest BCUT2D eigenvalue weighted by Crippen LogP contribution is -1.98. The molecule has 6 rings (SSSR count). The summed E-state index contributed by atoms with van der Waals surface area (Å²) in [6, 6.07) is 21.6. The Morgan fingerprint density at radius 1 is 0.808 bits per heavy atom. The Morgan fingerprint density at radius 3 is 2.50 bits per heavy atom. The molecule has 0 unspecified atom stereocenters. The average Bonchev–Trinajstić information content (AvgIpc) is 3.34. The van der Waals surface area contributed by atoms with Gasteiger partial charge in [-0.1, -0.05) is 49.2 Å². The molecule has 0 bridgehead atoms. The SMILES string of the molecule is c1ccc2c(c1)oc1ccc3c4ccccc4n(CCCC4CC4)c3c12. The number of hydrogen-bond acceptors (Lipinski definition) is 1. The molecule has 2 heteroatoms. The highest BCUT2D eigenvalue weighted by atomic mass is 16.3. The highest BCUT2D eigenvalue weighted by molar-refractivity contribution is 6.23. The first-order chi connectivity index (χ1) is 12.9. The molecule has 0 aliphatic heterocycles. The third kappa shape index (κ3) is 2.05. The van der Waals surface area contributed by atoms with Gasteiger partial charge in [0.2, 0.25) is 0 Å². The van der Waals surface area contributed by atoms with Gasteiger partial charge in [-0.2, -0.15) is 0 Å². The van der Waals surface area contributed by atoms with Crippen LogP contribution in [0.4, 0.5) is 0 Å². The van der Waals surface area contributed by atoms with E-state index in [0.29, 0.717) is 0 Å². The highest BCUT2D eigenvalue weighted by Gasteiger charge is 2.21. The molecular weight excluding hydrogens is 318 g/mol. The van der Waals surface area contributed by atoms with Crippen LogP contribution in [0, 0.1) is 5.92 Å². The second-order valence-corrected chi connectivity index (χ2v) is 7.69. The number of hydrogen-bond donors (Lipinski definition) is 0. The summed E-state index contributed by atoms with van der Waals surface area (Å²) in [4.78, 5) is 0. The van der Waals surface area contributed by atoms with Crippen LogP contribution in [0.1, 0.15) is 25.7 Å². The summed E-state index contributed by atoms with van der Waals surface area (Å²) >= 11 is 0. The van der Waals surface area contributed by atoms with Crippen LogP contribution in [0.25, 0.3) is 43.7 Å². The van der Waals surface area contributed by atoms with E-state index in [-0.39, 0.29) is 0 Å². The Labute approximate surface area is 152 Å². The number of para-hydroxylation sites is 2. The van der Waals surface area contributed by atoms with Crippen molar-refractivity contribution in [1.82, 2.24) is 4.57 Å².